The van der Waals surface area contributed by atoms with Gasteiger partial charge in [0.15, 0.2) is 0 Å². The summed E-state index contributed by atoms with van der Waals surface area (Å²) in [6.07, 6.45) is 0. The van der Waals surface area contributed by atoms with Gasteiger partial charge in [0.2, 0.25) is 0 Å². The highest BCUT2D eigenvalue weighted by molar-refractivity contribution is 7.26. The van der Waals surface area contributed by atoms with Crippen molar-refractivity contribution in [3.63, 3.8) is 0 Å². The Balaban J connectivity index is 1.08. The number of benzene rings is 13. The summed E-state index contributed by atoms with van der Waals surface area (Å²) in [4.78, 5) is 7.56. The fraction of sp³-hybridized carbons (Fsp3) is 0.221. The summed E-state index contributed by atoms with van der Waals surface area (Å²) in [5.41, 5.74) is 22.7. The van der Waals surface area contributed by atoms with E-state index in [0.29, 0.717) is 0 Å². The van der Waals surface area contributed by atoms with Crippen molar-refractivity contribution in [2.45, 2.75) is 136 Å². The largest absolute Gasteiger partial charge is 0.311 e. The van der Waals surface area contributed by atoms with Gasteiger partial charge < -0.3 is 14.7 Å². The van der Waals surface area contributed by atoms with Crippen molar-refractivity contribution in [2.24, 2.45) is 0 Å². The first-order valence-corrected chi connectivity index (χ1v) is 36.2. The van der Waals surface area contributed by atoms with Crippen LogP contribution in [0.15, 0.2) is 279 Å². The summed E-state index contributed by atoms with van der Waals surface area (Å²) in [6, 6.07) is 107. The van der Waals surface area contributed by atoms with Gasteiger partial charge in [-0.1, -0.05) is 286 Å². The SMILES string of the molecule is CC(C)(C)c1ccc(N(c2ccc(C(C)(C)C)cc2)c2ccc(C3(c4ccc(C(C)(C)C)cc4)c4cc(N(c5ccc(C(C)(C)C)cc5)c5cccc6ccccc56)ccc4-c4c3cc(N(c3ccc(C(C)(C)C)cc3)c3cccc5ccccc35)c3sc5ccccc5c43)cc2)cc1. The molecule has 492 valence electrons. The molecule has 1 aromatic heterocycles. The molecule has 4 heteroatoms. The zero-order valence-electron chi connectivity index (χ0n) is 60.3. The van der Waals surface area contributed by atoms with Gasteiger partial charge in [-0.05, 0) is 196 Å². The average Bonchev–Trinajstić information content (AvgIpc) is 1.52. The molecule has 14 aromatic rings. The van der Waals surface area contributed by atoms with Gasteiger partial charge in [-0.2, -0.15) is 0 Å². The normalized spacial score (nSPS) is 14.3. The van der Waals surface area contributed by atoms with E-state index in [1.54, 1.807) is 0 Å². The van der Waals surface area contributed by atoms with E-state index < -0.39 is 5.41 Å². The smallest absolute Gasteiger partial charge is 0.0715 e. The molecule has 0 radical (unpaired) electrons. The highest BCUT2D eigenvalue weighted by Gasteiger charge is 2.49. The minimum absolute atomic E-state index is 0.00115. The molecule has 1 aliphatic carbocycles. The molecular weight excluding hydrogens is 1220 g/mol. The maximum atomic E-state index is 2.63. The molecule has 0 bridgehead atoms. The Morgan fingerprint density at radius 1 is 0.273 bits per heavy atom. The standard InChI is InChI=1S/C95H91N3S/c1-90(2,3)64-34-36-69(37-35-64)95(70-46-56-73(57-47-70)96(71-48-38-65(39-49-71)91(4,5)6)72-50-40-66(41-51-72)92(7,8)9)81-60-76(97(74-52-42-67(43-53-74)93(10,11)12)83-31-22-26-62-24-16-18-28-77(62)83)58-59-79(81)87-82(95)61-85(89-88(87)80-30-20-21-33-86(80)99-89)98(75-54-44-68(45-55-75)94(13,14)15)84-32-23-27-63-25-17-19-29-78(63)84/h16-61H,1-15H3. The molecule has 15 rings (SSSR count). The summed E-state index contributed by atoms with van der Waals surface area (Å²) in [5.74, 6) is 0. The number of hydrogen-bond donors (Lipinski definition) is 0. The van der Waals surface area contributed by atoms with Gasteiger partial charge in [0.25, 0.3) is 0 Å². The van der Waals surface area contributed by atoms with Gasteiger partial charge in [0, 0.05) is 60.4 Å². The van der Waals surface area contributed by atoms with E-state index in [1.165, 1.54) is 103 Å². The highest BCUT2D eigenvalue weighted by Crippen LogP contribution is 2.63. The van der Waals surface area contributed by atoms with E-state index >= 15 is 0 Å². The molecule has 0 spiro atoms. The Labute approximate surface area is 591 Å². The van der Waals surface area contributed by atoms with Gasteiger partial charge in [-0.3, -0.25) is 0 Å². The molecule has 0 fully saturated rings. The molecule has 0 amide bonds. The van der Waals surface area contributed by atoms with Crippen LogP contribution in [0.2, 0.25) is 0 Å². The Morgan fingerprint density at radius 2 is 0.616 bits per heavy atom. The predicted molar refractivity (Wildman–Crippen MR) is 429 cm³/mol. The topological polar surface area (TPSA) is 9.72 Å². The second-order valence-corrected chi connectivity index (χ2v) is 33.7. The summed E-state index contributed by atoms with van der Waals surface area (Å²) in [7, 11) is 0. The van der Waals surface area contributed by atoms with Crippen LogP contribution in [0.25, 0.3) is 52.8 Å². The lowest BCUT2D eigenvalue weighted by atomic mass is 9.67. The van der Waals surface area contributed by atoms with Crippen LogP contribution in [0.1, 0.15) is 154 Å². The first-order chi connectivity index (χ1) is 47.2. The molecule has 1 heterocycles. The fourth-order valence-corrected chi connectivity index (χ4v) is 16.6. The lowest BCUT2D eigenvalue weighted by Crippen LogP contribution is -2.29. The van der Waals surface area contributed by atoms with Gasteiger partial charge >= 0.3 is 0 Å². The number of anilines is 9. The van der Waals surface area contributed by atoms with Crippen molar-refractivity contribution in [1.82, 2.24) is 0 Å². The third-order valence-electron chi connectivity index (χ3n) is 20.9. The summed E-state index contributed by atoms with van der Waals surface area (Å²) >= 11 is 1.91. The third-order valence-corrected chi connectivity index (χ3v) is 22.1. The Hall–Kier alpha value is -10.0. The van der Waals surface area contributed by atoms with E-state index in [4.69, 9.17) is 0 Å². The summed E-state index contributed by atoms with van der Waals surface area (Å²) < 4.78 is 2.50. The maximum Gasteiger partial charge on any atom is 0.0715 e. The van der Waals surface area contributed by atoms with Crippen molar-refractivity contribution in [2.75, 3.05) is 14.7 Å². The molecule has 1 unspecified atom stereocenters. The minimum Gasteiger partial charge on any atom is -0.311 e. The molecular formula is C95H91N3S. The summed E-state index contributed by atoms with van der Waals surface area (Å²) in [6.45, 7) is 34.6. The number of hydrogen-bond acceptors (Lipinski definition) is 4. The number of rotatable bonds is 11. The Bertz CT molecular complexity index is 5280. The van der Waals surface area contributed by atoms with Crippen LogP contribution >= 0.6 is 11.3 Å². The lowest BCUT2D eigenvalue weighted by Gasteiger charge is -2.37. The van der Waals surface area contributed by atoms with Crippen LogP contribution < -0.4 is 14.7 Å². The fourth-order valence-electron chi connectivity index (χ4n) is 15.4. The molecule has 0 saturated heterocycles. The third kappa shape index (κ3) is 11.5. The minimum atomic E-state index is -0.907. The molecule has 0 aliphatic heterocycles. The molecule has 0 saturated carbocycles. The van der Waals surface area contributed by atoms with Crippen LogP contribution in [0, 0.1) is 0 Å². The highest BCUT2D eigenvalue weighted by atomic mass is 32.1. The molecule has 13 aromatic carbocycles. The van der Waals surface area contributed by atoms with Gasteiger partial charge in [0.05, 0.1) is 27.2 Å². The maximum absolute atomic E-state index is 2.63. The molecule has 0 N–H and O–H groups in total. The van der Waals surface area contributed by atoms with Crippen LogP contribution in [-0.4, -0.2) is 0 Å². The first kappa shape index (κ1) is 65.0. The predicted octanol–water partition coefficient (Wildman–Crippen LogP) is 27.6. The molecule has 1 aliphatic rings. The van der Waals surface area contributed by atoms with Crippen LogP contribution in [0.4, 0.5) is 51.2 Å². The van der Waals surface area contributed by atoms with Crippen molar-refractivity contribution in [1.29, 1.82) is 0 Å². The molecule has 99 heavy (non-hydrogen) atoms. The zero-order chi connectivity index (χ0) is 69.1. The summed E-state index contributed by atoms with van der Waals surface area (Å²) in [5, 5.41) is 7.29. The zero-order valence-corrected chi connectivity index (χ0v) is 61.1. The van der Waals surface area contributed by atoms with E-state index in [2.05, 4.69) is 398 Å². The Kier molecular flexibility index (Phi) is 15.9. The van der Waals surface area contributed by atoms with Gasteiger partial charge in [-0.15, -0.1) is 11.3 Å². The quantitative estimate of drug-likeness (QED) is 0.128. The second kappa shape index (κ2) is 24.2. The molecule has 3 nitrogen and oxygen atoms in total. The van der Waals surface area contributed by atoms with E-state index in [9.17, 15) is 0 Å². The van der Waals surface area contributed by atoms with Crippen LogP contribution in [-0.2, 0) is 32.5 Å². The van der Waals surface area contributed by atoms with E-state index in [0.717, 1.165) is 51.2 Å². The van der Waals surface area contributed by atoms with E-state index in [-0.39, 0.29) is 27.1 Å². The lowest BCUT2D eigenvalue weighted by molar-refractivity contribution is 0.589. The number of thiophene rings is 1. The van der Waals surface area contributed by atoms with Crippen molar-refractivity contribution in [3.8, 4) is 11.1 Å². The number of fused-ring (bicyclic) bond motifs is 9. The van der Waals surface area contributed by atoms with Crippen molar-refractivity contribution >= 4 is 104 Å². The van der Waals surface area contributed by atoms with E-state index in [1.807, 2.05) is 11.3 Å². The van der Waals surface area contributed by atoms with Crippen LogP contribution in [0.3, 0.4) is 0 Å². The number of nitrogens with zero attached hydrogens (tertiary/aromatic N) is 3. The van der Waals surface area contributed by atoms with Gasteiger partial charge in [0.1, 0.15) is 0 Å². The average molecular weight is 1310 g/mol. The first-order valence-electron chi connectivity index (χ1n) is 35.4. The van der Waals surface area contributed by atoms with Crippen molar-refractivity contribution in [3.05, 3.63) is 329 Å². The monoisotopic (exact) mass is 1310 g/mol. The van der Waals surface area contributed by atoms with Crippen LogP contribution in [0.5, 0.6) is 0 Å². The second-order valence-electron chi connectivity index (χ2n) is 32.7. The Morgan fingerprint density at radius 3 is 1.06 bits per heavy atom. The van der Waals surface area contributed by atoms with Crippen molar-refractivity contribution < 1.29 is 0 Å². The van der Waals surface area contributed by atoms with Gasteiger partial charge in [-0.25, -0.2) is 0 Å². The molecule has 1 atom stereocenters.